The molecular formula is C23H17Cl3N2O3. The molecule has 0 fully saturated rings. The number of ether oxygens (including phenoxy) is 2. The van der Waals surface area contributed by atoms with Crippen molar-refractivity contribution in [3.05, 3.63) is 85.4 Å². The summed E-state index contributed by atoms with van der Waals surface area (Å²) < 4.78 is 11.4. The zero-order chi connectivity index (χ0) is 22.1. The highest BCUT2D eigenvalue weighted by molar-refractivity contribution is 6.35. The Morgan fingerprint density at radius 2 is 1.94 bits per heavy atom. The fraction of sp³-hybridized carbons (Fsp3) is 0.217. The van der Waals surface area contributed by atoms with Gasteiger partial charge in [-0.1, -0.05) is 46.9 Å². The number of carbonyl (C=O) groups is 1. The number of Topliss-reactive ketones (excluding diaryl/α,β-unsaturated/α-hetero) is 1. The van der Waals surface area contributed by atoms with Crippen LogP contribution in [-0.2, 0) is 16.1 Å². The summed E-state index contributed by atoms with van der Waals surface area (Å²) in [7, 11) is 0. The number of carbonyl (C=O) groups excluding carboxylic acids is 1. The summed E-state index contributed by atoms with van der Waals surface area (Å²) in [5.41, 5.74) is 8.10. The molecule has 2 aromatic carbocycles. The lowest BCUT2D eigenvalue weighted by molar-refractivity contribution is -0.116. The lowest BCUT2D eigenvalue weighted by Crippen LogP contribution is -2.27. The minimum Gasteiger partial charge on any atom is -0.487 e. The van der Waals surface area contributed by atoms with Gasteiger partial charge in [-0.2, -0.15) is 5.26 Å². The molecule has 2 N–H and O–H groups in total. The zero-order valence-electron chi connectivity index (χ0n) is 16.3. The molecule has 1 heterocycles. The van der Waals surface area contributed by atoms with Gasteiger partial charge < -0.3 is 15.2 Å². The van der Waals surface area contributed by atoms with Crippen molar-refractivity contribution >= 4 is 40.6 Å². The number of halogens is 3. The van der Waals surface area contributed by atoms with Gasteiger partial charge in [0.25, 0.3) is 0 Å². The smallest absolute Gasteiger partial charge is 0.205 e. The van der Waals surface area contributed by atoms with Crippen LogP contribution >= 0.6 is 34.8 Å². The quantitative estimate of drug-likeness (QED) is 0.582. The maximum absolute atomic E-state index is 12.7. The summed E-state index contributed by atoms with van der Waals surface area (Å²) in [5.74, 6) is 0.351. The van der Waals surface area contributed by atoms with E-state index in [1.54, 1.807) is 36.4 Å². The van der Waals surface area contributed by atoms with E-state index in [4.69, 9.17) is 50.0 Å². The first-order valence-electron chi connectivity index (χ1n) is 9.59. The number of hydrogen-bond acceptors (Lipinski definition) is 5. The molecule has 0 spiro atoms. The first-order chi connectivity index (χ1) is 14.9. The van der Waals surface area contributed by atoms with Gasteiger partial charge in [-0.15, -0.1) is 0 Å². The fourth-order valence-electron chi connectivity index (χ4n) is 3.80. The van der Waals surface area contributed by atoms with Crippen molar-refractivity contribution in [2.45, 2.75) is 31.8 Å². The molecule has 0 amide bonds. The summed E-state index contributed by atoms with van der Waals surface area (Å²) in [4.78, 5) is 12.7. The molecule has 0 unspecified atom stereocenters. The standard InChI is InChI=1S/C23H17Cl3N2O3/c24-14-6-4-13(16(25)9-14)11-30-19-7-5-12(8-17(19)26)21-15(10-27)23(28)31-20-3-1-2-18(29)22(20)21/h4-9,21H,1-3,11,28H2/t21-/m0/s1. The van der Waals surface area contributed by atoms with E-state index in [0.29, 0.717) is 57.0 Å². The van der Waals surface area contributed by atoms with Gasteiger partial charge in [-0.05, 0) is 36.2 Å². The van der Waals surface area contributed by atoms with Gasteiger partial charge in [0.15, 0.2) is 5.78 Å². The van der Waals surface area contributed by atoms with Crippen LogP contribution in [0.3, 0.4) is 0 Å². The van der Waals surface area contributed by atoms with Crippen molar-refractivity contribution in [2.24, 2.45) is 5.73 Å². The van der Waals surface area contributed by atoms with E-state index in [-0.39, 0.29) is 23.8 Å². The van der Waals surface area contributed by atoms with Gasteiger partial charge >= 0.3 is 0 Å². The van der Waals surface area contributed by atoms with Crippen LogP contribution in [0.25, 0.3) is 0 Å². The van der Waals surface area contributed by atoms with Crippen LogP contribution in [0.15, 0.2) is 59.2 Å². The topological polar surface area (TPSA) is 85.3 Å². The molecule has 1 aliphatic carbocycles. The van der Waals surface area contributed by atoms with Crippen LogP contribution in [0.4, 0.5) is 0 Å². The predicted molar refractivity (Wildman–Crippen MR) is 119 cm³/mol. The van der Waals surface area contributed by atoms with Gasteiger partial charge in [-0.3, -0.25) is 4.79 Å². The third-order valence-electron chi connectivity index (χ3n) is 5.29. The third-order valence-corrected chi connectivity index (χ3v) is 6.17. The Kier molecular flexibility index (Phi) is 6.15. The van der Waals surface area contributed by atoms with Crippen molar-refractivity contribution in [2.75, 3.05) is 0 Å². The molecule has 1 atom stereocenters. The highest BCUT2D eigenvalue weighted by atomic mass is 35.5. The van der Waals surface area contributed by atoms with Crippen LogP contribution in [0.1, 0.15) is 36.3 Å². The Morgan fingerprint density at radius 1 is 1.13 bits per heavy atom. The zero-order valence-corrected chi connectivity index (χ0v) is 18.5. The SMILES string of the molecule is N#CC1=C(N)OC2=C(C(=O)CCC2)[C@H]1c1ccc(OCc2ccc(Cl)cc2Cl)c(Cl)c1. The average Bonchev–Trinajstić information content (AvgIpc) is 2.73. The summed E-state index contributed by atoms with van der Waals surface area (Å²) >= 11 is 18.6. The molecule has 8 heteroatoms. The first-order valence-corrected chi connectivity index (χ1v) is 10.7. The van der Waals surface area contributed by atoms with Gasteiger partial charge in [-0.25, -0.2) is 0 Å². The van der Waals surface area contributed by atoms with Gasteiger partial charge in [0.2, 0.25) is 5.88 Å². The Hall–Kier alpha value is -2.65. The van der Waals surface area contributed by atoms with E-state index in [2.05, 4.69) is 6.07 Å². The molecule has 2 aromatic rings. The van der Waals surface area contributed by atoms with Crippen molar-refractivity contribution in [1.82, 2.24) is 0 Å². The van der Waals surface area contributed by atoms with E-state index < -0.39 is 5.92 Å². The van der Waals surface area contributed by atoms with Crippen molar-refractivity contribution in [3.63, 3.8) is 0 Å². The molecule has 0 aromatic heterocycles. The fourth-order valence-corrected chi connectivity index (χ4v) is 4.50. The highest BCUT2D eigenvalue weighted by Crippen LogP contribution is 2.44. The molecular weight excluding hydrogens is 459 g/mol. The van der Waals surface area contributed by atoms with Crippen LogP contribution in [-0.4, -0.2) is 5.78 Å². The number of nitrogens with two attached hydrogens (primary N) is 1. The lowest BCUT2D eigenvalue weighted by Gasteiger charge is -2.31. The minimum atomic E-state index is -0.612. The molecule has 31 heavy (non-hydrogen) atoms. The molecule has 0 saturated carbocycles. The maximum Gasteiger partial charge on any atom is 0.205 e. The maximum atomic E-state index is 12.7. The van der Waals surface area contributed by atoms with E-state index in [1.165, 1.54) is 0 Å². The minimum absolute atomic E-state index is 0.0229. The summed E-state index contributed by atoms with van der Waals surface area (Å²) in [6, 6.07) is 12.4. The van der Waals surface area contributed by atoms with E-state index in [9.17, 15) is 10.1 Å². The summed E-state index contributed by atoms with van der Waals surface area (Å²) in [6.07, 6.45) is 1.71. The summed E-state index contributed by atoms with van der Waals surface area (Å²) in [6.45, 7) is 0.205. The molecule has 0 radical (unpaired) electrons. The number of nitriles is 1. The average molecular weight is 476 g/mol. The lowest BCUT2D eigenvalue weighted by atomic mass is 9.77. The molecule has 5 nitrogen and oxygen atoms in total. The normalized spacial score (nSPS) is 18.4. The molecule has 0 saturated heterocycles. The second kappa shape index (κ2) is 8.84. The molecule has 158 valence electrons. The van der Waals surface area contributed by atoms with E-state index in [0.717, 1.165) is 5.56 Å². The van der Waals surface area contributed by atoms with Crippen LogP contribution < -0.4 is 10.5 Å². The second-order valence-corrected chi connectivity index (χ2v) is 8.50. The van der Waals surface area contributed by atoms with Gasteiger partial charge in [0.05, 0.1) is 10.9 Å². The van der Waals surface area contributed by atoms with Crippen LogP contribution in [0, 0.1) is 11.3 Å². The van der Waals surface area contributed by atoms with Crippen molar-refractivity contribution in [1.29, 1.82) is 5.26 Å². The number of hydrogen-bond donors (Lipinski definition) is 1. The van der Waals surface area contributed by atoms with Gasteiger partial charge in [0.1, 0.15) is 29.8 Å². The van der Waals surface area contributed by atoms with E-state index in [1.807, 2.05) is 0 Å². The Labute approximate surface area is 194 Å². The van der Waals surface area contributed by atoms with Crippen molar-refractivity contribution < 1.29 is 14.3 Å². The largest absolute Gasteiger partial charge is 0.487 e. The first kappa shape index (κ1) is 21.6. The molecule has 0 bridgehead atoms. The number of rotatable bonds is 4. The van der Waals surface area contributed by atoms with E-state index >= 15 is 0 Å². The third kappa shape index (κ3) is 4.24. The Bertz CT molecular complexity index is 1180. The molecule has 1 aliphatic heterocycles. The second-order valence-electron chi connectivity index (χ2n) is 7.25. The van der Waals surface area contributed by atoms with Crippen LogP contribution in [0.5, 0.6) is 5.75 Å². The Balaban J connectivity index is 1.64. The predicted octanol–water partition coefficient (Wildman–Crippen LogP) is 6.04. The number of benzene rings is 2. The Morgan fingerprint density at radius 3 is 2.65 bits per heavy atom. The van der Waals surface area contributed by atoms with Crippen molar-refractivity contribution in [3.8, 4) is 11.8 Å². The van der Waals surface area contributed by atoms with Crippen LogP contribution in [0.2, 0.25) is 15.1 Å². The monoisotopic (exact) mass is 474 g/mol. The number of ketones is 1. The van der Waals surface area contributed by atoms with Gasteiger partial charge in [0, 0.05) is 34.0 Å². The number of nitrogens with zero attached hydrogens (tertiary/aromatic N) is 1. The molecule has 4 rings (SSSR count). The highest BCUT2D eigenvalue weighted by Gasteiger charge is 2.38. The number of allylic oxidation sites excluding steroid dienone is 3. The molecule has 2 aliphatic rings. The summed E-state index contributed by atoms with van der Waals surface area (Å²) in [5, 5.41) is 11.0.